The Kier molecular flexibility index (Phi) is 16.6. The van der Waals surface area contributed by atoms with E-state index in [4.69, 9.17) is 0 Å². The van der Waals surface area contributed by atoms with Gasteiger partial charge in [-0.05, 0) is 6.42 Å². The van der Waals surface area contributed by atoms with Crippen molar-refractivity contribution in [2.75, 3.05) is 20.3 Å². The molecule has 3 heteroatoms. The smallest absolute Gasteiger partial charge is 0.0890 e. The van der Waals surface area contributed by atoms with Crippen LogP contribution in [0.5, 0.6) is 0 Å². The van der Waals surface area contributed by atoms with Crippen LogP contribution in [0.2, 0.25) is 0 Å². The molecule has 0 atom stereocenters. The molecule has 1 aliphatic rings. The summed E-state index contributed by atoms with van der Waals surface area (Å²) in [6.07, 6.45) is 21.6. The Hall–Kier alpha value is 0.976. The summed E-state index contributed by atoms with van der Waals surface area (Å²) in [7, 11) is 2.14. The van der Waals surface area contributed by atoms with Gasteiger partial charge < -0.3 is 9.80 Å². The Morgan fingerprint density at radius 3 is 1.62 bits per heavy atom. The molecule has 0 N–H and O–H groups in total. The van der Waals surface area contributed by atoms with Crippen molar-refractivity contribution >= 4 is 51.4 Å². The van der Waals surface area contributed by atoms with Crippen LogP contribution in [0.15, 0.2) is 12.4 Å². The van der Waals surface area contributed by atoms with Gasteiger partial charge in [0.2, 0.25) is 0 Å². The summed E-state index contributed by atoms with van der Waals surface area (Å²) in [6.45, 7) is 4.61. The number of nitrogens with zero attached hydrogens (tertiary/aromatic N) is 2. The SMILES string of the molecule is CCCCCCCCCCCCCCN1C=CN(C)C1.[K]. The first-order valence-corrected chi connectivity index (χ1v) is 8.95. The second-order valence-corrected chi connectivity index (χ2v) is 6.40. The van der Waals surface area contributed by atoms with E-state index in [0.717, 1.165) is 6.67 Å². The van der Waals surface area contributed by atoms with Crippen molar-refractivity contribution in [1.29, 1.82) is 0 Å². The molecule has 1 aliphatic heterocycles. The fourth-order valence-corrected chi connectivity index (χ4v) is 2.89. The Balaban J connectivity index is 0.00000400. The van der Waals surface area contributed by atoms with E-state index >= 15 is 0 Å². The molecule has 0 aromatic carbocycles. The van der Waals surface area contributed by atoms with Gasteiger partial charge in [-0.1, -0.05) is 77.6 Å². The topological polar surface area (TPSA) is 6.48 Å². The Labute approximate surface area is 176 Å². The minimum atomic E-state index is 0. The van der Waals surface area contributed by atoms with Crippen molar-refractivity contribution < 1.29 is 0 Å². The van der Waals surface area contributed by atoms with Crippen LogP contribution in [0.4, 0.5) is 0 Å². The summed E-state index contributed by atoms with van der Waals surface area (Å²) in [4.78, 5) is 4.65. The molecule has 119 valence electrons. The predicted octanol–water partition coefficient (Wildman–Crippen LogP) is 4.98. The number of hydrogen-bond donors (Lipinski definition) is 0. The monoisotopic (exact) mass is 319 g/mol. The van der Waals surface area contributed by atoms with Crippen molar-refractivity contribution in [2.24, 2.45) is 0 Å². The molecule has 0 spiro atoms. The van der Waals surface area contributed by atoms with Crippen molar-refractivity contribution in [3.8, 4) is 0 Å². The molecular formula is C18H36KN2. The molecule has 0 saturated carbocycles. The molecule has 21 heavy (non-hydrogen) atoms. The van der Waals surface area contributed by atoms with Gasteiger partial charge in [-0.25, -0.2) is 0 Å². The summed E-state index contributed by atoms with van der Waals surface area (Å²) < 4.78 is 0. The predicted molar refractivity (Wildman–Crippen MR) is 95.3 cm³/mol. The fraction of sp³-hybridized carbons (Fsp3) is 0.889. The summed E-state index contributed by atoms with van der Waals surface area (Å²) in [5.74, 6) is 0. The van der Waals surface area contributed by atoms with E-state index < -0.39 is 0 Å². The number of rotatable bonds is 13. The van der Waals surface area contributed by atoms with E-state index in [-0.39, 0.29) is 51.4 Å². The largest absolute Gasteiger partial charge is 0.362 e. The van der Waals surface area contributed by atoms with Gasteiger partial charge in [0.25, 0.3) is 0 Å². The van der Waals surface area contributed by atoms with Gasteiger partial charge in [0.15, 0.2) is 0 Å². The van der Waals surface area contributed by atoms with E-state index in [1.165, 1.54) is 83.6 Å². The average molecular weight is 320 g/mol. The molecule has 0 bridgehead atoms. The maximum atomic E-state index is 2.41. The zero-order valence-corrected chi connectivity index (χ0v) is 18.1. The normalized spacial score (nSPS) is 13.8. The van der Waals surface area contributed by atoms with E-state index in [1.807, 2.05) is 0 Å². The Morgan fingerprint density at radius 2 is 1.19 bits per heavy atom. The minimum absolute atomic E-state index is 0. The second kappa shape index (κ2) is 15.9. The van der Waals surface area contributed by atoms with Gasteiger partial charge in [-0.3, -0.25) is 0 Å². The first-order chi connectivity index (χ1) is 9.83. The van der Waals surface area contributed by atoms with E-state index in [9.17, 15) is 0 Å². The standard InChI is InChI=1S/C18H36N2.K/c1-3-4-5-6-7-8-9-10-11-12-13-14-15-20-17-16-19(2)18-20;/h16-17H,3-15,18H2,1-2H3;. The van der Waals surface area contributed by atoms with Crippen LogP contribution in [0, 0.1) is 0 Å². The van der Waals surface area contributed by atoms with Gasteiger partial charge in [0, 0.05) is 77.4 Å². The molecule has 0 amide bonds. The van der Waals surface area contributed by atoms with E-state index in [1.54, 1.807) is 0 Å². The van der Waals surface area contributed by atoms with Crippen LogP contribution in [0.3, 0.4) is 0 Å². The molecule has 1 heterocycles. The third-order valence-electron chi connectivity index (χ3n) is 4.24. The maximum Gasteiger partial charge on any atom is 0.0890 e. The molecule has 0 fully saturated rings. The summed E-state index contributed by atoms with van der Waals surface area (Å²) in [5, 5.41) is 0. The maximum absolute atomic E-state index is 2.41. The van der Waals surface area contributed by atoms with E-state index in [2.05, 4.69) is 36.2 Å². The third kappa shape index (κ3) is 13.1. The van der Waals surface area contributed by atoms with Gasteiger partial charge in [0.05, 0.1) is 6.67 Å². The number of unbranched alkanes of at least 4 members (excludes halogenated alkanes) is 11. The van der Waals surface area contributed by atoms with Crippen LogP contribution in [0.1, 0.15) is 84.0 Å². The molecule has 0 aromatic rings. The Morgan fingerprint density at radius 1 is 0.714 bits per heavy atom. The second-order valence-electron chi connectivity index (χ2n) is 6.40. The molecule has 1 radical (unpaired) electrons. The van der Waals surface area contributed by atoms with Crippen molar-refractivity contribution in [2.45, 2.75) is 84.0 Å². The molecular weight excluding hydrogens is 283 g/mol. The zero-order chi connectivity index (χ0) is 14.5. The van der Waals surface area contributed by atoms with Crippen LogP contribution in [-0.2, 0) is 0 Å². The average Bonchev–Trinajstić information content (AvgIpc) is 2.86. The molecule has 0 saturated heterocycles. The first kappa shape index (κ1) is 22.0. The first-order valence-electron chi connectivity index (χ1n) is 8.95. The van der Waals surface area contributed by atoms with E-state index in [0.29, 0.717) is 0 Å². The van der Waals surface area contributed by atoms with Crippen LogP contribution >= 0.6 is 0 Å². The van der Waals surface area contributed by atoms with Crippen molar-refractivity contribution in [3.63, 3.8) is 0 Å². The molecule has 2 nitrogen and oxygen atoms in total. The van der Waals surface area contributed by atoms with Crippen LogP contribution in [0.25, 0.3) is 0 Å². The molecule has 0 unspecified atom stereocenters. The van der Waals surface area contributed by atoms with Gasteiger partial charge in [-0.15, -0.1) is 0 Å². The Bertz CT molecular complexity index is 243. The van der Waals surface area contributed by atoms with Gasteiger partial charge in [-0.2, -0.15) is 0 Å². The summed E-state index contributed by atoms with van der Waals surface area (Å²) in [5.41, 5.74) is 0. The van der Waals surface area contributed by atoms with Crippen LogP contribution < -0.4 is 0 Å². The van der Waals surface area contributed by atoms with Crippen molar-refractivity contribution in [3.05, 3.63) is 12.4 Å². The minimum Gasteiger partial charge on any atom is -0.362 e. The molecule has 0 aliphatic carbocycles. The number of hydrogen-bond acceptors (Lipinski definition) is 2. The summed E-state index contributed by atoms with van der Waals surface area (Å²) in [6, 6.07) is 0. The molecule has 0 aromatic heterocycles. The molecule has 1 rings (SSSR count). The van der Waals surface area contributed by atoms with Crippen LogP contribution in [-0.4, -0.2) is 81.4 Å². The quantitative estimate of drug-likeness (QED) is 0.349. The van der Waals surface area contributed by atoms with Gasteiger partial charge in [0.1, 0.15) is 0 Å². The zero-order valence-electron chi connectivity index (χ0n) is 14.9. The van der Waals surface area contributed by atoms with Gasteiger partial charge >= 0.3 is 0 Å². The fourth-order valence-electron chi connectivity index (χ4n) is 2.89. The summed E-state index contributed by atoms with van der Waals surface area (Å²) >= 11 is 0. The van der Waals surface area contributed by atoms with Crippen molar-refractivity contribution in [1.82, 2.24) is 9.80 Å². The third-order valence-corrected chi connectivity index (χ3v) is 4.24.